The minimum absolute atomic E-state index is 0.551. The van der Waals surface area contributed by atoms with E-state index in [2.05, 4.69) is 254 Å². The van der Waals surface area contributed by atoms with E-state index in [0.29, 0.717) is 0 Å². The van der Waals surface area contributed by atoms with Crippen LogP contribution in [0.15, 0.2) is 265 Å². The summed E-state index contributed by atoms with van der Waals surface area (Å²) in [6.45, 7) is 0. The molecule has 12 aromatic rings. The molecule has 1 aliphatic rings. The molecule has 0 aliphatic heterocycles. The van der Waals surface area contributed by atoms with Crippen molar-refractivity contribution in [2.24, 2.45) is 0 Å². The van der Waals surface area contributed by atoms with Crippen molar-refractivity contribution in [3.05, 3.63) is 283 Å². The van der Waals surface area contributed by atoms with Crippen LogP contribution in [0.3, 0.4) is 0 Å². The molecule has 11 aromatic carbocycles. The zero-order valence-corrected chi connectivity index (χ0v) is 36.7. The van der Waals surface area contributed by atoms with Crippen molar-refractivity contribution in [3.8, 4) is 44.5 Å². The number of benzene rings is 11. The molecule has 0 bridgehead atoms. The third-order valence-electron chi connectivity index (χ3n) is 13.9. The van der Waals surface area contributed by atoms with Gasteiger partial charge in [0.25, 0.3) is 0 Å². The number of para-hydroxylation sites is 1. The van der Waals surface area contributed by atoms with Crippen LogP contribution in [0.2, 0.25) is 0 Å². The molecule has 0 amide bonds. The first-order valence-corrected chi connectivity index (χ1v) is 23.1. The van der Waals surface area contributed by atoms with Crippen LogP contribution in [0, 0.1) is 0 Å². The van der Waals surface area contributed by atoms with Gasteiger partial charge in [0.05, 0.1) is 11.1 Å². The van der Waals surface area contributed by atoms with Crippen LogP contribution in [0.4, 0.5) is 17.1 Å². The minimum Gasteiger partial charge on any atom is -0.456 e. The summed E-state index contributed by atoms with van der Waals surface area (Å²) >= 11 is 0. The summed E-state index contributed by atoms with van der Waals surface area (Å²) in [6.07, 6.45) is 0. The molecule has 314 valence electrons. The van der Waals surface area contributed by atoms with Crippen molar-refractivity contribution in [1.29, 1.82) is 0 Å². The summed E-state index contributed by atoms with van der Waals surface area (Å²) in [6, 6.07) is 95.3. The van der Waals surface area contributed by atoms with E-state index in [-0.39, 0.29) is 0 Å². The van der Waals surface area contributed by atoms with Gasteiger partial charge in [-0.2, -0.15) is 0 Å². The lowest BCUT2D eigenvalue weighted by atomic mass is 9.67. The smallest absolute Gasteiger partial charge is 0.136 e. The molecule has 67 heavy (non-hydrogen) atoms. The van der Waals surface area contributed by atoms with Gasteiger partial charge in [0.1, 0.15) is 11.2 Å². The highest BCUT2D eigenvalue weighted by atomic mass is 16.3. The Morgan fingerprint density at radius 3 is 1.64 bits per heavy atom. The molecule has 0 unspecified atom stereocenters. The molecule has 0 N–H and O–H groups in total. The van der Waals surface area contributed by atoms with Gasteiger partial charge >= 0.3 is 0 Å². The van der Waals surface area contributed by atoms with Gasteiger partial charge in [0.15, 0.2) is 0 Å². The molecule has 2 heteroatoms. The predicted molar refractivity (Wildman–Crippen MR) is 280 cm³/mol. The molecule has 2 nitrogen and oxygen atoms in total. The maximum absolute atomic E-state index is 6.35. The van der Waals surface area contributed by atoms with Gasteiger partial charge in [-0.1, -0.05) is 206 Å². The first-order chi connectivity index (χ1) is 33.2. The van der Waals surface area contributed by atoms with Crippen molar-refractivity contribution in [1.82, 2.24) is 0 Å². The molecule has 1 heterocycles. The summed E-state index contributed by atoms with van der Waals surface area (Å²) in [5.74, 6) is 0. The van der Waals surface area contributed by atoms with E-state index in [9.17, 15) is 0 Å². The molecule has 0 radical (unpaired) electrons. The van der Waals surface area contributed by atoms with E-state index in [0.717, 1.165) is 66.8 Å². The second-order valence-electron chi connectivity index (χ2n) is 17.6. The van der Waals surface area contributed by atoms with E-state index in [4.69, 9.17) is 4.42 Å². The Hall–Kier alpha value is -8.72. The van der Waals surface area contributed by atoms with Gasteiger partial charge in [0, 0.05) is 27.7 Å². The largest absolute Gasteiger partial charge is 0.456 e. The van der Waals surface area contributed by atoms with Gasteiger partial charge in [-0.3, -0.25) is 0 Å². The normalized spacial score (nSPS) is 12.6. The fourth-order valence-corrected chi connectivity index (χ4v) is 10.8. The third kappa shape index (κ3) is 6.33. The van der Waals surface area contributed by atoms with Crippen LogP contribution < -0.4 is 4.90 Å². The standard InChI is InChI=1S/C65H43NO/c1-4-17-46(18-5-1)55-37-32-49(48-29-28-44-16-10-11-19-47(44)40-48)41-62(55)66(53-34-30-45(31-35-53)50-33-38-59-58-25-13-15-27-63(58)67-64(59)42-50)54-36-39-57-56-24-12-14-26-60(56)65(61(57)43-54,51-20-6-2-7-21-51)52-22-8-3-9-23-52/h1-43H. The van der Waals surface area contributed by atoms with E-state index in [1.807, 2.05) is 12.1 Å². The maximum atomic E-state index is 6.35. The molecule has 13 rings (SSSR count). The number of rotatable bonds is 8. The second-order valence-corrected chi connectivity index (χ2v) is 17.6. The Labute approximate surface area is 390 Å². The number of anilines is 3. The monoisotopic (exact) mass is 853 g/mol. The average molecular weight is 854 g/mol. The number of nitrogens with zero attached hydrogens (tertiary/aromatic N) is 1. The van der Waals surface area contributed by atoms with E-state index < -0.39 is 5.41 Å². The number of hydrogen-bond acceptors (Lipinski definition) is 2. The predicted octanol–water partition coefficient (Wildman–Crippen LogP) is 17.6. The number of fused-ring (bicyclic) bond motifs is 7. The van der Waals surface area contributed by atoms with Crippen LogP contribution >= 0.6 is 0 Å². The van der Waals surface area contributed by atoms with Crippen molar-refractivity contribution >= 4 is 49.8 Å². The van der Waals surface area contributed by atoms with Crippen molar-refractivity contribution in [2.45, 2.75) is 5.41 Å². The molecule has 0 atom stereocenters. The van der Waals surface area contributed by atoms with Gasteiger partial charge in [0.2, 0.25) is 0 Å². The summed E-state index contributed by atoms with van der Waals surface area (Å²) in [7, 11) is 0. The zero-order valence-electron chi connectivity index (χ0n) is 36.7. The van der Waals surface area contributed by atoms with E-state index >= 15 is 0 Å². The number of hydrogen-bond donors (Lipinski definition) is 0. The first-order valence-electron chi connectivity index (χ1n) is 23.1. The SMILES string of the molecule is c1ccc(-c2ccc(-c3ccc4ccccc4c3)cc2N(c2ccc(-c3ccc4c(c3)oc3ccccc34)cc2)c2ccc3c(c2)C(c2ccccc2)(c2ccccc2)c2ccccc2-3)cc1. The lowest BCUT2D eigenvalue weighted by Crippen LogP contribution is -2.28. The molecule has 1 aromatic heterocycles. The molecule has 0 spiro atoms. The van der Waals surface area contributed by atoms with Crippen LogP contribution in [0.1, 0.15) is 22.3 Å². The average Bonchev–Trinajstić information content (AvgIpc) is 3.93. The highest BCUT2D eigenvalue weighted by Gasteiger charge is 2.46. The topological polar surface area (TPSA) is 16.4 Å². The molecular formula is C65H43NO. The van der Waals surface area contributed by atoms with Crippen molar-refractivity contribution in [2.75, 3.05) is 4.90 Å². The fraction of sp³-hybridized carbons (Fsp3) is 0.0154. The number of furan rings is 1. The minimum atomic E-state index is -0.551. The first kappa shape index (κ1) is 38.7. The molecule has 0 saturated heterocycles. The Kier molecular flexibility index (Phi) is 9.11. The van der Waals surface area contributed by atoms with Gasteiger partial charge < -0.3 is 9.32 Å². The van der Waals surface area contributed by atoms with Crippen molar-refractivity contribution < 1.29 is 4.42 Å². The second kappa shape index (κ2) is 15.8. The van der Waals surface area contributed by atoms with Crippen LogP contribution in [-0.2, 0) is 5.41 Å². The molecule has 0 saturated carbocycles. The zero-order chi connectivity index (χ0) is 44.3. The van der Waals surface area contributed by atoms with Gasteiger partial charge in [-0.15, -0.1) is 0 Å². The summed E-state index contributed by atoms with van der Waals surface area (Å²) in [5.41, 5.74) is 18.9. The van der Waals surface area contributed by atoms with Crippen LogP contribution in [0.25, 0.3) is 77.2 Å². The molecule has 0 fully saturated rings. The Morgan fingerprint density at radius 2 is 0.851 bits per heavy atom. The van der Waals surface area contributed by atoms with Gasteiger partial charge in [-0.05, 0) is 127 Å². The lowest BCUT2D eigenvalue weighted by molar-refractivity contribution is 0.669. The highest BCUT2D eigenvalue weighted by Crippen LogP contribution is 2.57. The summed E-state index contributed by atoms with van der Waals surface area (Å²) in [4.78, 5) is 2.48. The molecule has 1 aliphatic carbocycles. The highest BCUT2D eigenvalue weighted by molar-refractivity contribution is 6.06. The maximum Gasteiger partial charge on any atom is 0.136 e. The molecular weight excluding hydrogens is 811 g/mol. The van der Waals surface area contributed by atoms with E-state index in [1.54, 1.807) is 0 Å². The van der Waals surface area contributed by atoms with Gasteiger partial charge in [-0.25, -0.2) is 0 Å². The Balaban J connectivity index is 1.05. The van der Waals surface area contributed by atoms with Crippen LogP contribution in [-0.4, -0.2) is 0 Å². The fourth-order valence-electron chi connectivity index (χ4n) is 10.8. The Morgan fingerprint density at radius 1 is 0.299 bits per heavy atom. The van der Waals surface area contributed by atoms with Crippen LogP contribution in [0.5, 0.6) is 0 Å². The summed E-state index contributed by atoms with van der Waals surface area (Å²) < 4.78 is 6.35. The third-order valence-corrected chi connectivity index (χ3v) is 13.9. The lowest BCUT2D eigenvalue weighted by Gasteiger charge is -2.35. The van der Waals surface area contributed by atoms with Crippen molar-refractivity contribution in [3.63, 3.8) is 0 Å². The van der Waals surface area contributed by atoms with E-state index in [1.165, 1.54) is 49.7 Å². The summed E-state index contributed by atoms with van der Waals surface area (Å²) in [5, 5.41) is 4.71. The quantitative estimate of drug-likeness (QED) is 0.151. The Bertz CT molecular complexity index is 3760.